The van der Waals surface area contributed by atoms with Crippen molar-refractivity contribution in [1.82, 2.24) is 10.2 Å². The van der Waals surface area contributed by atoms with Gasteiger partial charge in [-0.3, -0.25) is 0 Å². The van der Waals surface area contributed by atoms with Crippen LogP contribution in [-0.4, -0.2) is 48.8 Å². The van der Waals surface area contributed by atoms with Gasteiger partial charge in [-0.05, 0) is 57.3 Å². The van der Waals surface area contributed by atoms with Crippen LogP contribution in [-0.2, 0) is 0 Å². The number of likely N-dealkylation sites (N-methyl/N-ethyl adjacent to an activating group) is 1. The van der Waals surface area contributed by atoms with Gasteiger partial charge in [-0.25, -0.2) is 0 Å². The maximum absolute atomic E-state index is 9.33. The highest BCUT2D eigenvalue weighted by Crippen LogP contribution is 2.08. The minimum absolute atomic E-state index is 0.246. The number of aliphatic hydroxyl groups excluding tert-OH is 1. The molecule has 116 valence electrons. The molecule has 0 bridgehead atoms. The molecule has 19 heavy (non-hydrogen) atoms. The summed E-state index contributed by atoms with van der Waals surface area (Å²) in [7, 11) is 0. The van der Waals surface area contributed by atoms with Crippen molar-refractivity contribution < 1.29 is 5.11 Å². The molecular formula is C16H36N2O. The summed E-state index contributed by atoms with van der Waals surface area (Å²) in [5.74, 6) is 1.54. The second kappa shape index (κ2) is 11.7. The van der Waals surface area contributed by atoms with E-state index in [1.165, 1.54) is 25.9 Å². The first kappa shape index (κ1) is 18.9. The Morgan fingerprint density at radius 2 is 1.37 bits per heavy atom. The van der Waals surface area contributed by atoms with Crippen molar-refractivity contribution in [3.63, 3.8) is 0 Å². The number of aliphatic hydroxyl groups is 1. The van der Waals surface area contributed by atoms with Gasteiger partial charge in [-0.1, -0.05) is 34.6 Å². The predicted octanol–water partition coefficient (Wildman–Crippen LogP) is 2.74. The third-order valence-corrected chi connectivity index (χ3v) is 3.55. The molecule has 0 saturated heterocycles. The zero-order valence-electron chi connectivity index (χ0n) is 13.8. The molecule has 0 rings (SSSR count). The monoisotopic (exact) mass is 272 g/mol. The van der Waals surface area contributed by atoms with Crippen molar-refractivity contribution in [2.24, 2.45) is 11.8 Å². The molecule has 0 aliphatic heterocycles. The maximum Gasteiger partial charge on any atom is 0.0585 e. The Morgan fingerprint density at radius 3 is 1.74 bits per heavy atom. The lowest BCUT2D eigenvalue weighted by Gasteiger charge is -2.26. The van der Waals surface area contributed by atoms with E-state index in [-0.39, 0.29) is 12.6 Å². The summed E-state index contributed by atoms with van der Waals surface area (Å²) in [5.41, 5.74) is 0. The average molecular weight is 272 g/mol. The predicted molar refractivity (Wildman–Crippen MR) is 84.5 cm³/mol. The molecule has 0 fully saturated rings. The fraction of sp³-hybridized carbons (Fsp3) is 1.00. The largest absolute Gasteiger partial charge is 0.395 e. The zero-order chi connectivity index (χ0) is 14.7. The van der Waals surface area contributed by atoms with Gasteiger partial charge in [0.2, 0.25) is 0 Å². The molecule has 0 radical (unpaired) electrons. The molecule has 1 unspecified atom stereocenters. The van der Waals surface area contributed by atoms with Gasteiger partial charge in [-0.15, -0.1) is 0 Å². The highest BCUT2D eigenvalue weighted by atomic mass is 16.3. The first-order valence-electron chi connectivity index (χ1n) is 8.06. The molecule has 3 nitrogen and oxygen atoms in total. The molecule has 0 aromatic rings. The molecule has 0 aliphatic rings. The Kier molecular flexibility index (Phi) is 11.6. The van der Waals surface area contributed by atoms with E-state index < -0.39 is 0 Å². The number of hydrogen-bond acceptors (Lipinski definition) is 3. The van der Waals surface area contributed by atoms with E-state index in [1.54, 1.807) is 0 Å². The van der Waals surface area contributed by atoms with Crippen LogP contribution in [0.1, 0.15) is 53.9 Å². The summed E-state index contributed by atoms with van der Waals surface area (Å²) < 4.78 is 0. The Labute approximate surface area is 120 Å². The molecule has 0 aromatic carbocycles. The van der Waals surface area contributed by atoms with Gasteiger partial charge >= 0.3 is 0 Å². The smallest absolute Gasteiger partial charge is 0.0585 e. The molecule has 0 heterocycles. The lowest BCUT2D eigenvalue weighted by Crippen LogP contribution is -2.37. The second-order valence-electron chi connectivity index (χ2n) is 6.43. The number of rotatable bonds is 12. The molecule has 0 aliphatic carbocycles. The van der Waals surface area contributed by atoms with Gasteiger partial charge in [-0.2, -0.15) is 0 Å². The SMILES string of the molecule is CCNC(CO)CCN(CCC(C)C)CCC(C)C. The highest BCUT2D eigenvalue weighted by Gasteiger charge is 2.11. The first-order valence-corrected chi connectivity index (χ1v) is 8.06. The molecule has 0 aromatic heterocycles. The lowest BCUT2D eigenvalue weighted by atomic mass is 10.1. The van der Waals surface area contributed by atoms with Crippen LogP contribution in [0.25, 0.3) is 0 Å². The summed E-state index contributed by atoms with van der Waals surface area (Å²) in [6, 6.07) is 0.255. The number of hydrogen-bond donors (Lipinski definition) is 2. The van der Waals surface area contributed by atoms with E-state index in [4.69, 9.17) is 0 Å². The van der Waals surface area contributed by atoms with Crippen LogP contribution in [0.15, 0.2) is 0 Å². The summed E-state index contributed by atoms with van der Waals surface area (Å²) in [4.78, 5) is 2.57. The van der Waals surface area contributed by atoms with Crippen molar-refractivity contribution in [2.75, 3.05) is 32.8 Å². The molecule has 0 amide bonds. The number of nitrogens with one attached hydrogen (secondary N) is 1. The highest BCUT2D eigenvalue weighted by molar-refractivity contribution is 4.69. The van der Waals surface area contributed by atoms with E-state index in [0.29, 0.717) is 0 Å². The van der Waals surface area contributed by atoms with Gasteiger partial charge in [0.05, 0.1) is 6.61 Å². The lowest BCUT2D eigenvalue weighted by molar-refractivity contribution is 0.197. The van der Waals surface area contributed by atoms with E-state index in [1.807, 2.05) is 0 Å². The Hall–Kier alpha value is -0.120. The van der Waals surface area contributed by atoms with Crippen LogP contribution in [0.2, 0.25) is 0 Å². The minimum atomic E-state index is 0.246. The van der Waals surface area contributed by atoms with Crippen molar-refractivity contribution in [1.29, 1.82) is 0 Å². The van der Waals surface area contributed by atoms with E-state index in [2.05, 4.69) is 44.8 Å². The third-order valence-electron chi connectivity index (χ3n) is 3.55. The normalized spacial score (nSPS) is 13.7. The number of nitrogens with zero attached hydrogens (tertiary/aromatic N) is 1. The third kappa shape index (κ3) is 11.4. The molecule has 0 saturated carbocycles. The van der Waals surface area contributed by atoms with Crippen LogP contribution in [0.3, 0.4) is 0 Å². The first-order chi connectivity index (χ1) is 8.99. The van der Waals surface area contributed by atoms with Crippen molar-refractivity contribution in [3.8, 4) is 0 Å². The van der Waals surface area contributed by atoms with Gasteiger partial charge in [0.1, 0.15) is 0 Å². The van der Waals surface area contributed by atoms with Gasteiger partial charge in [0.15, 0.2) is 0 Å². The Bertz CT molecular complexity index is 183. The Balaban J connectivity index is 4.07. The fourth-order valence-corrected chi connectivity index (χ4v) is 2.10. The molecule has 2 N–H and O–H groups in total. The van der Waals surface area contributed by atoms with Gasteiger partial charge in [0, 0.05) is 6.04 Å². The quantitative estimate of drug-likeness (QED) is 0.573. The summed E-state index contributed by atoms with van der Waals surface area (Å²) >= 11 is 0. The van der Waals surface area contributed by atoms with Crippen LogP contribution in [0, 0.1) is 11.8 Å². The van der Waals surface area contributed by atoms with E-state index >= 15 is 0 Å². The van der Waals surface area contributed by atoms with Gasteiger partial charge in [0.25, 0.3) is 0 Å². The van der Waals surface area contributed by atoms with Crippen molar-refractivity contribution in [3.05, 3.63) is 0 Å². The summed E-state index contributed by atoms with van der Waals surface area (Å²) in [5, 5.41) is 12.7. The van der Waals surface area contributed by atoms with Gasteiger partial charge < -0.3 is 15.3 Å². The maximum atomic E-state index is 9.33. The van der Waals surface area contributed by atoms with Crippen LogP contribution in [0.5, 0.6) is 0 Å². The molecular weight excluding hydrogens is 236 g/mol. The van der Waals surface area contributed by atoms with Crippen LogP contribution < -0.4 is 5.32 Å². The zero-order valence-corrected chi connectivity index (χ0v) is 13.8. The van der Waals surface area contributed by atoms with Crippen molar-refractivity contribution >= 4 is 0 Å². The standard InChI is InChI=1S/C16H36N2O/c1-6-17-16(13-19)9-12-18(10-7-14(2)3)11-8-15(4)5/h14-17,19H,6-13H2,1-5H3. The van der Waals surface area contributed by atoms with E-state index in [0.717, 1.165) is 31.3 Å². The van der Waals surface area contributed by atoms with Crippen molar-refractivity contribution in [2.45, 2.75) is 59.9 Å². The average Bonchev–Trinajstić information content (AvgIpc) is 2.35. The summed E-state index contributed by atoms with van der Waals surface area (Å²) in [6.45, 7) is 15.9. The van der Waals surface area contributed by atoms with E-state index in [9.17, 15) is 5.11 Å². The van der Waals surface area contributed by atoms with Crippen LogP contribution in [0.4, 0.5) is 0 Å². The Morgan fingerprint density at radius 1 is 0.895 bits per heavy atom. The minimum Gasteiger partial charge on any atom is -0.395 e. The summed E-state index contributed by atoms with van der Waals surface area (Å²) in [6.07, 6.45) is 3.58. The molecule has 3 heteroatoms. The van der Waals surface area contributed by atoms with Crippen LogP contribution >= 0.6 is 0 Å². The molecule has 0 spiro atoms. The second-order valence-corrected chi connectivity index (χ2v) is 6.43. The topological polar surface area (TPSA) is 35.5 Å². The molecule has 1 atom stereocenters. The fourth-order valence-electron chi connectivity index (χ4n) is 2.10.